The normalized spacial score (nSPS) is 17.0. The maximum Gasteiger partial charge on any atom is 0.246 e. The topological polar surface area (TPSA) is 58.2 Å². The summed E-state index contributed by atoms with van der Waals surface area (Å²) in [7, 11) is 0. The Labute approximate surface area is 133 Å². The third kappa shape index (κ3) is 4.30. The van der Waals surface area contributed by atoms with Crippen LogP contribution in [0.2, 0.25) is 0 Å². The highest BCUT2D eigenvalue weighted by Crippen LogP contribution is 2.28. The molecule has 0 bridgehead atoms. The van der Waals surface area contributed by atoms with Gasteiger partial charge in [0.25, 0.3) is 0 Å². The van der Waals surface area contributed by atoms with E-state index in [0.29, 0.717) is 6.54 Å². The molecule has 0 spiro atoms. The van der Waals surface area contributed by atoms with Gasteiger partial charge in [-0.05, 0) is 30.5 Å². The number of halogens is 1. The molecule has 0 saturated heterocycles. The Hall–Kier alpha value is -1.36. The number of hydrogen-bond donors (Lipinski definition) is 2. The van der Waals surface area contributed by atoms with Crippen LogP contribution in [0.25, 0.3) is 0 Å². The summed E-state index contributed by atoms with van der Waals surface area (Å²) in [4.78, 5) is 24.0. The molecule has 1 saturated carbocycles. The lowest BCUT2D eigenvalue weighted by Gasteiger charge is -2.36. The zero-order valence-electron chi connectivity index (χ0n) is 12.2. The number of nitrogens with one attached hydrogen (secondary N) is 2. The van der Waals surface area contributed by atoms with E-state index in [4.69, 9.17) is 0 Å². The van der Waals surface area contributed by atoms with Gasteiger partial charge in [-0.15, -0.1) is 0 Å². The average molecular weight is 353 g/mol. The van der Waals surface area contributed by atoms with E-state index in [1.807, 2.05) is 24.3 Å². The fourth-order valence-corrected chi connectivity index (χ4v) is 3.35. The SMILES string of the molecule is CC(=O)NC1(C(=O)NCc2cccc(Br)c2)CCCCC1. The maximum absolute atomic E-state index is 12.6. The van der Waals surface area contributed by atoms with Crippen molar-refractivity contribution in [2.75, 3.05) is 0 Å². The number of benzene rings is 1. The van der Waals surface area contributed by atoms with Gasteiger partial charge >= 0.3 is 0 Å². The summed E-state index contributed by atoms with van der Waals surface area (Å²) in [5, 5.41) is 5.85. The van der Waals surface area contributed by atoms with Crippen molar-refractivity contribution in [2.24, 2.45) is 0 Å². The maximum atomic E-state index is 12.6. The predicted molar refractivity (Wildman–Crippen MR) is 85.6 cm³/mol. The van der Waals surface area contributed by atoms with Crippen molar-refractivity contribution >= 4 is 27.7 Å². The highest BCUT2D eigenvalue weighted by Gasteiger charge is 2.39. The molecule has 114 valence electrons. The van der Waals surface area contributed by atoms with E-state index in [1.54, 1.807) is 0 Å². The van der Waals surface area contributed by atoms with Gasteiger partial charge in [0, 0.05) is 17.9 Å². The van der Waals surface area contributed by atoms with E-state index < -0.39 is 5.54 Å². The lowest BCUT2D eigenvalue weighted by Crippen LogP contribution is -2.59. The van der Waals surface area contributed by atoms with Crippen molar-refractivity contribution < 1.29 is 9.59 Å². The number of rotatable bonds is 4. The highest BCUT2D eigenvalue weighted by molar-refractivity contribution is 9.10. The Kier molecular flexibility index (Phi) is 5.39. The molecule has 1 aromatic rings. The van der Waals surface area contributed by atoms with Crippen molar-refractivity contribution in [3.63, 3.8) is 0 Å². The van der Waals surface area contributed by atoms with E-state index in [1.165, 1.54) is 6.92 Å². The van der Waals surface area contributed by atoms with E-state index >= 15 is 0 Å². The van der Waals surface area contributed by atoms with Gasteiger partial charge in [-0.2, -0.15) is 0 Å². The average Bonchev–Trinajstić information content (AvgIpc) is 2.45. The summed E-state index contributed by atoms with van der Waals surface area (Å²) in [6.45, 7) is 1.94. The minimum absolute atomic E-state index is 0.0719. The Morgan fingerprint density at radius 2 is 1.95 bits per heavy atom. The van der Waals surface area contributed by atoms with Gasteiger partial charge in [-0.25, -0.2) is 0 Å². The zero-order valence-corrected chi connectivity index (χ0v) is 13.8. The third-order valence-electron chi connectivity index (χ3n) is 3.90. The molecule has 1 aromatic carbocycles. The monoisotopic (exact) mass is 352 g/mol. The van der Waals surface area contributed by atoms with Crippen molar-refractivity contribution in [1.82, 2.24) is 10.6 Å². The first-order valence-corrected chi connectivity index (χ1v) is 8.13. The molecular weight excluding hydrogens is 332 g/mol. The quantitative estimate of drug-likeness (QED) is 0.875. The van der Waals surface area contributed by atoms with Crippen LogP contribution in [0.3, 0.4) is 0 Å². The molecule has 2 amide bonds. The fourth-order valence-electron chi connectivity index (χ4n) is 2.90. The summed E-state index contributed by atoms with van der Waals surface area (Å²) in [5.74, 6) is -0.216. The smallest absolute Gasteiger partial charge is 0.246 e. The molecule has 2 rings (SSSR count). The fraction of sp³-hybridized carbons (Fsp3) is 0.500. The summed E-state index contributed by atoms with van der Waals surface area (Å²) >= 11 is 3.42. The molecule has 0 unspecified atom stereocenters. The van der Waals surface area contributed by atoms with E-state index in [0.717, 1.165) is 42.1 Å². The van der Waals surface area contributed by atoms with Gasteiger partial charge in [-0.1, -0.05) is 47.3 Å². The van der Waals surface area contributed by atoms with Crippen LogP contribution < -0.4 is 10.6 Å². The standard InChI is InChI=1S/C16H21BrN2O2/c1-12(20)19-16(8-3-2-4-9-16)15(21)18-11-13-6-5-7-14(17)10-13/h5-7,10H,2-4,8-9,11H2,1H3,(H,18,21)(H,19,20). The molecule has 21 heavy (non-hydrogen) atoms. The molecule has 0 radical (unpaired) electrons. The van der Waals surface area contributed by atoms with Crippen LogP contribution in [0.1, 0.15) is 44.6 Å². The predicted octanol–water partition coefficient (Wildman–Crippen LogP) is 2.90. The zero-order chi connectivity index (χ0) is 15.3. The number of carbonyl (C=O) groups excluding carboxylic acids is 2. The molecule has 0 heterocycles. The van der Waals surface area contributed by atoms with Gasteiger partial charge in [0.1, 0.15) is 5.54 Å². The van der Waals surface area contributed by atoms with Crippen molar-refractivity contribution in [3.8, 4) is 0 Å². The molecule has 0 aromatic heterocycles. The molecule has 0 atom stereocenters. The van der Waals surface area contributed by atoms with Gasteiger partial charge in [0.05, 0.1) is 0 Å². The van der Waals surface area contributed by atoms with Crippen LogP contribution in [0, 0.1) is 0 Å². The lowest BCUT2D eigenvalue weighted by molar-refractivity contribution is -0.134. The summed E-state index contributed by atoms with van der Waals surface area (Å²) < 4.78 is 0.989. The van der Waals surface area contributed by atoms with Gasteiger partial charge in [0.15, 0.2) is 0 Å². The molecular formula is C16H21BrN2O2. The Morgan fingerprint density at radius 3 is 2.57 bits per heavy atom. The minimum atomic E-state index is -0.726. The Bertz CT molecular complexity index is 525. The van der Waals surface area contributed by atoms with E-state index in [2.05, 4.69) is 26.6 Å². The minimum Gasteiger partial charge on any atom is -0.350 e. The molecule has 1 aliphatic carbocycles. The molecule has 0 aliphatic heterocycles. The van der Waals surface area contributed by atoms with E-state index in [-0.39, 0.29) is 11.8 Å². The lowest BCUT2D eigenvalue weighted by atomic mass is 9.80. The van der Waals surface area contributed by atoms with E-state index in [9.17, 15) is 9.59 Å². The first kappa shape index (κ1) is 16.0. The van der Waals surface area contributed by atoms with Crippen LogP contribution >= 0.6 is 15.9 Å². The number of amides is 2. The summed E-state index contributed by atoms with van der Waals surface area (Å²) in [6, 6.07) is 7.84. The molecule has 4 nitrogen and oxygen atoms in total. The van der Waals surface area contributed by atoms with Crippen molar-refractivity contribution in [1.29, 1.82) is 0 Å². The first-order valence-electron chi connectivity index (χ1n) is 7.33. The number of hydrogen-bond acceptors (Lipinski definition) is 2. The van der Waals surface area contributed by atoms with Crippen LogP contribution in [0.4, 0.5) is 0 Å². The van der Waals surface area contributed by atoms with Gasteiger partial charge in [-0.3, -0.25) is 9.59 Å². The second-order valence-corrected chi connectivity index (χ2v) is 6.55. The van der Waals surface area contributed by atoms with Crippen molar-refractivity contribution in [2.45, 2.75) is 51.1 Å². The summed E-state index contributed by atoms with van der Waals surface area (Å²) in [5.41, 5.74) is 0.308. The third-order valence-corrected chi connectivity index (χ3v) is 4.39. The van der Waals surface area contributed by atoms with Crippen LogP contribution in [0.15, 0.2) is 28.7 Å². The summed E-state index contributed by atoms with van der Waals surface area (Å²) in [6.07, 6.45) is 4.52. The molecule has 2 N–H and O–H groups in total. The Balaban J connectivity index is 2.03. The first-order chi connectivity index (χ1) is 10.0. The van der Waals surface area contributed by atoms with Gasteiger partial charge < -0.3 is 10.6 Å². The van der Waals surface area contributed by atoms with Crippen LogP contribution in [0.5, 0.6) is 0 Å². The molecule has 1 fully saturated rings. The van der Waals surface area contributed by atoms with Gasteiger partial charge in [0.2, 0.25) is 11.8 Å². The molecule has 1 aliphatic rings. The largest absolute Gasteiger partial charge is 0.350 e. The molecule has 5 heteroatoms. The highest BCUT2D eigenvalue weighted by atomic mass is 79.9. The number of carbonyl (C=O) groups is 2. The van der Waals surface area contributed by atoms with Crippen molar-refractivity contribution in [3.05, 3.63) is 34.3 Å². The van der Waals surface area contributed by atoms with Crippen LogP contribution in [-0.2, 0) is 16.1 Å². The second-order valence-electron chi connectivity index (χ2n) is 5.64. The second kappa shape index (κ2) is 7.07. The Morgan fingerprint density at radius 1 is 1.24 bits per heavy atom. The van der Waals surface area contributed by atoms with Crippen LogP contribution in [-0.4, -0.2) is 17.4 Å².